The standard InChI is InChI=1S/C6H8O3/c1-9-5-3-2-4(7)6(5)8/h8H,2-3H2,1H3. The molecule has 0 atom stereocenters. The van der Waals surface area contributed by atoms with E-state index < -0.39 is 0 Å². The molecule has 1 rings (SSSR count). The number of carbonyl (C=O) groups is 1. The zero-order valence-corrected chi connectivity index (χ0v) is 5.18. The van der Waals surface area contributed by atoms with E-state index in [1.54, 1.807) is 0 Å². The molecule has 0 saturated heterocycles. The van der Waals surface area contributed by atoms with Crippen molar-refractivity contribution in [1.82, 2.24) is 0 Å². The van der Waals surface area contributed by atoms with E-state index in [0.717, 1.165) is 0 Å². The van der Waals surface area contributed by atoms with Gasteiger partial charge in [0.1, 0.15) is 5.76 Å². The van der Waals surface area contributed by atoms with E-state index in [1.807, 2.05) is 0 Å². The normalized spacial score (nSPS) is 19.0. The molecule has 0 heterocycles. The Kier molecular flexibility index (Phi) is 1.42. The number of allylic oxidation sites excluding steroid dienone is 2. The second-order valence-corrected chi connectivity index (χ2v) is 1.90. The topological polar surface area (TPSA) is 46.5 Å². The first-order chi connectivity index (χ1) is 4.25. The van der Waals surface area contributed by atoms with Crippen LogP contribution < -0.4 is 0 Å². The number of methoxy groups -OCH3 is 1. The Morgan fingerprint density at radius 1 is 1.56 bits per heavy atom. The van der Waals surface area contributed by atoms with E-state index in [1.165, 1.54) is 7.11 Å². The molecule has 50 valence electrons. The van der Waals surface area contributed by atoms with Crippen molar-refractivity contribution in [2.45, 2.75) is 12.8 Å². The van der Waals surface area contributed by atoms with Crippen molar-refractivity contribution in [3.05, 3.63) is 11.5 Å². The van der Waals surface area contributed by atoms with E-state index in [2.05, 4.69) is 0 Å². The average Bonchev–Trinajstić information content (AvgIpc) is 2.15. The fourth-order valence-electron chi connectivity index (χ4n) is 0.818. The van der Waals surface area contributed by atoms with E-state index in [9.17, 15) is 4.79 Å². The van der Waals surface area contributed by atoms with Crippen LogP contribution in [0.25, 0.3) is 0 Å². The molecular formula is C6H8O3. The first-order valence-electron chi connectivity index (χ1n) is 2.75. The lowest BCUT2D eigenvalue weighted by molar-refractivity contribution is -0.117. The number of ether oxygens (including phenoxy) is 1. The molecule has 0 radical (unpaired) electrons. The Bertz CT molecular complexity index is 169. The van der Waals surface area contributed by atoms with Crippen LogP contribution in [0.4, 0.5) is 0 Å². The van der Waals surface area contributed by atoms with Gasteiger partial charge in [-0.1, -0.05) is 0 Å². The fraction of sp³-hybridized carbons (Fsp3) is 0.500. The fourth-order valence-corrected chi connectivity index (χ4v) is 0.818. The number of hydrogen-bond acceptors (Lipinski definition) is 3. The van der Waals surface area contributed by atoms with Gasteiger partial charge in [0.25, 0.3) is 0 Å². The van der Waals surface area contributed by atoms with Crippen LogP contribution in [0.15, 0.2) is 11.5 Å². The molecule has 1 N–H and O–H groups in total. The molecular weight excluding hydrogens is 120 g/mol. The van der Waals surface area contributed by atoms with E-state index in [0.29, 0.717) is 18.6 Å². The molecule has 0 amide bonds. The first kappa shape index (κ1) is 6.13. The minimum absolute atomic E-state index is 0.197. The molecule has 0 aromatic heterocycles. The van der Waals surface area contributed by atoms with Crippen LogP contribution in [0.5, 0.6) is 0 Å². The zero-order chi connectivity index (χ0) is 6.85. The minimum Gasteiger partial charge on any atom is -0.502 e. The number of aliphatic hydroxyl groups is 1. The van der Waals surface area contributed by atoms with Gasteiger partial charge in [-0.25, -0.2) is 0 Å². The van der Waals surface area contributed by atoms with Gasteiger partial charge in [-0.15, -0.1) is 0 Å². The molecule has 0 aromatic carbocycles. The summed E-state index contributed by atoms with van der Waals surface area (Å²) < 4.78 is 4.70. The van der Waals surface area contributed by atoms with Crippen molar-refractivity contribution in [2.24, 2.45) is 0 Å². The second kappa shape index (κ2) is 2.09. The Morgan fingerprint density at radius 3 is 2.44 bits per heavy atom. The number of Topliss-reactive ketones (excluding diaryl/α,β-unsaturated/α-hetero) is 1. The van der Waals surface area contributed by atoms with Crippen LogP contribution in [0, 0.1) is 0 Å². The van der Waals surface area contributed by atoms with Crippen LogP contribution in [0.2, 0.25) is 0 Å². The Balaban J connectivity index is 2.79. The predicted molar refractivity (Wildman–Crippen MR) is 30.9 cm³/mol. The Labute approximate surface area is 52.9 Å². The quantitative estimate of drug-likeness (QED) is 0.567. The number of carbonyl (C=O) groups excluding carboxylic acids is 1. The summed E-state index contributed by atoms with van der Waals surface area (Å²) in [6.45, 7) is 0. The molecule has 3 heteroatoms. The highest BCUT2D eigenvalue weighted by Crippen LogP contribution is 2.20. The third-order valence-electron chi connectivity index (χ3n) is 1.35. The van der Waals surface area contributed by atoms with Gasteiger partial charge in [0.2, 0.25) is 5.78 Å². The smallest absolute Gasteiger partial charge is 0.201 e. The third kappa shape index (κ3) is 0.896. The maximum Gasteiger partial charge on any atom is 0.201 e. The van der Waals surface area contributed by atoms with Gasteiger partial charge in [0.05, 0.1) is 7.11 Å². The lowest BCUT2D eigenvalue weighted by Gasteiger charge is -1.95. The summed E-state index contributed by atoms with van der Waals surface area (Å²) >= 11 is 0. The molecule has 0 fully saturated rings. The van der Waals surface area contributed by atoms with Crippen molar-refractivity contribution in [2.75, 3.05) is 7.11 Å². The number of aliphatic hydroxyl groups excluding tert-OH is 1. The molecule has 0 unspecified atom stereocenters. The highest BCUT2D eigenvalue weighted by Gasteiger charge is 2.22. The number of rotatable bonds is 1. The van der Waals surface area contributed by atoms with E-state index in [4.69, 9.17) is 9.84 Å². The van der Waals surface area contributed by atoms with Crippen molar-refractivity contribution >= 4 is 5.78 Å². The van der Waals surface area contributed by atoms with Crippen LogP contribution in [0.3, 0.4) is 0 Å². The molecule has 9 heavy (non-hydrogen) atoms. The van der Waals surface area contributed by atoms with Crippen LogP contribution in [-0.4, -0.2) is 18.0 Å². The average molecular weight is 128 g/mol. The maximum atomic E-state index is 10.6. The van der Waals surface area contributed by atoms with Gasteiger partial charge >= 0.3 is 0 Å². The lowest BCUT2D eigenvalue weighted by atomic mass is 10.3. The van der Waals surface area contributed by atoms with E-state index >= 15 is 0 Å². The molecule has 0 saturated carbocycles. The molecule has 0 bridgehead atoms. The van der Waals surface area contributed by atoms with Crippen LogP contribution in [0.1, 0.15) is 12.8 Å². The summed E-state index contributed by atoms with van der Waals surface area (Å²) in [6, 6.07) is 0. The lowest BCUT2D eigenvalue weighted by Crippen LogP contribution is -1.94. The van der Waals surface area contributed by atoms with Crippen LogP contribution in [-0.2, 0) is 9.53 Å². The third-order valence-corrected chi connectivity index (χ3v) is 1.35. The van der Waals surface area contributed by atoms with Gasteiger partial charge in [0.15, 0.2) is 5.76 Å². The van der Waals surface area contributed by atoms with Crippen molar-refractivity contribution in [3.8, 4) is 0 Å². The molecule has 0 aliphatic heterocycles. The molecule has 1 aliphatic carbocycles. The van der Waals surface area contributed by atoms with E-state index in [-0.39, 0.29) is 11.5 Å². The zero-order valence-electron chi connectivity index (χ0n) is 5.18. The van der Waals surface area contributed by atoms with Crippen molar-refractivity contribution in [3.63, 3.8) is 0 Å². The molecule has 0 aromatic rings. The summed E-state index contributed by atoms with van der Waals surface area (Å²) in [5, 5.41) is 8.86. The highest BCUT2D eigenvalue weighted by molar-refractivity contribution is 5.95. The summed E-state index contributed by atoms with van der Waals surface area (Å²) in [4.78, 5) is 10.6. The van der Waals surface area contributed by atoms with Crippen molar-refractivity contribution < 1.29 is 14.6 Å². The van der Waals surface area contributed by atoms with Gasteiger partial charge in [-0.3, -0.25) is 4.79 Å². The molecule has 0 spiro atoms. The van der Waals surface area contributed by atoms with Crippen LogP contribution >= 0.6 is 0 Å². The Morgan fingerprint density at radius 2 is 2.22 bits per heavy atom. The Hall–Kier alpha value is -0.990. The summed E-state index contributed by atoms with van der Waals surface area (Å²) in [5.74, 6) is 0.00403. The minimum atomic E-state index is -0.216. The molecule has 1 aliphatic rings. The first-order valence-corrected chi connectivity index (χ1v) is 2.75. The second-order valence-electron chi connectivity index (χ2n) is 1.90. The summed E-state index contributed by atoms with van der Waals surface area (Å²) in [6.07, 6.45) is 0.927. The maximum absolute atomic E-state index is 10.6. The summed E-state index contributed by atoms with van der Waals surface area (Å²) in [5.41, 5.74) is 0. The monoisotopic (exact) mass is 128 g/mol. The van der Waals surface area contributed by atoms with Crippen molar-refractivity contribution in [1.29, 1.82) is 0 Å². The van der Waals surface area contributed by atoms with Gasteiger partial charge in [-0.2, -0.15) is 0 Å². The largest absolute Gasteiger partial charge is 0.502 e. The number of ketones is 1. The van der Waals surface area contributed by atoms with Gasteiger partial charge < -0.3 is 9.84 Å². The number of hydrogen-bond donors (Lipinski definition) is 1. The highest BCUT2D eigenvalue weighted by atomic mass is 16.5. The van der Waals surface area contributed by atoms with Gasteiger partial charge in [0, 0.05) is 12.8 Å². The predicted octanol–water partition coefficient (Wildman–Crippen LogP) is 0.765. The summed E-state index contributed by atoms with van der Waals surface area (Å²) in [7, 11) is 1.45. The molecule has 3 nitrogen and oxygen atoms in total. The SMILES string of the molecule is COC1=C(O)C(=O)CC1. The van der Waals surface area contributed by atoms with Gasteiger partial charge in [-0.05, 0) is 0 Å².